The summed E-state index contributed by atoms with van der Waals surface area (Å²) in [4.78, 5) is 63.4. The summed E-state index contributed by atoms with van der Waals surface area (Å²) < 4.78 is 153. The molecule has 0 spiro atoms. The van der Waals surface area contributed by atoms with Gasteiger partial charge in [-0.05, 0) is 236 Å². The predicted molar refractivity (Wildman–Crippen MR) is 568 cm³/mol. The smallest absolute Gasteiger partial charge is 0.251 e. The van der Waals surface area contributed by atoms with Crippen LogP contribution in [0.2, 0.25) is 0 Å². The van der Waals surface area contributed by atoms with Gasteiger partial charge in [0.25, 0.3) is 29.5 Å². The lowest BCUT2D eigenvalue weighted by Gasteiger charge is -2.26. The summed E-state index contributed by atoms with van der Waals surface area (Å²) >= 11 is 6.82. The number of amides is 5. The van der Waals surface area contributed by atoms with E-state index in [1.807, 2.05) is 299 Å². The van der Waals surface area contributed by atoms with Gasteiger partial charge in [-0.1, -0.05) is 172 Å². The number of nitrogens with zero attached hydrogens (tertiary/aromatic N) is 5. The van der Waals surface area contributed by atoms with E-state index in [-0.39, 0.29) is 86.4 Å². The maximum atomic E-state index is 14.0. The van der Waals surface area contributed by atoms with Crippen LogP contribution in [0, 0.1) is 58.2 Å². The van der Waals surface area contributed by atoms with Crippen LogP contribution in [0.25, 0.3) is 54.5 Å². The zero-order chi connectivity index (χ0) is 104. The molecule has 5 N–H and O–H groups in total. The Hall–Kier alpha value is -16.6. The molecule has 4 atom stereocenters. The zero-order valence-electron chi connectivity index (χ0n) is 80.7. The second-order valence-electron chi connectivity index (χ2n) is 36.1. The van der Waals surface area contributed by atoms with Crippen molar-refractivity contribution in [2.45, 2.75) is 97.0 Å². The Bertz CT molecular complexity index is 8070. The monoisotopic (exact) mass is 2130 g/mol. The summed E-state index contributed by atoms with van der Waals surface area (Å²) in [6, 6.07) is 97.1. The molecule has 1 aliphatic rings. The van der Waals surface area contributed by atoms with Gasteiger partial charge >= 0.3 is 0 Å². The first kappa shape index (κ1) is 104. The molecule has 149 heavy (non-hydrogen) atoms. The van der Waals surface area contributed by atoms with Crippen molar-refractivity contribution in [3.05, 3.63) is 527 Å². The average molecular weight is 2140 g/mol. The van der Waals surface area contributed by atoms with Crippen LogP contribution in [-0.4, -0.2) is 65.0 Å². The largest absolute Gasteiger partial charge is 0.491 e. The van der Waals surface area contributed by atoms with E-state index in [1.54, 1.807) is 30.3 Å². The van der Waals surface area contributed by atoms with Crippen LogP contribution in [0.4, 0.5) is 43.9 Å². The Morgan fingerprint density at radius 1 is 0.322 bits per heavy atom. The van der Waals surface area contributed by atoms with E-state index in [9.17, 15) is 67.9 Å². The number of para-hydroxylation sites is 1. The number of halogens is 12. The lowest BCUT2D eigenvalue weighted by Crippen LogP contribution is -2.42. The summed E-state index contributed by atoms with van der Waals surface area (Å²) in [5, 5.41) is 19.5. The number of hydrogen-bond donors (Lipinski definition) is 5. The minimum atomic E-state index is -0.596. The number of benzene rings is 15. The molecule has 5 amide bonds. The standard InChI is InChI=1S/C25H20F2N2O2.C25H22F2N2O.2C24H19BrF2N2O.C23H18F2N2O/c26-20-7-5-19(22(27)13-20)14-29-10-9-16-11-18(6-8-23(16)29)25(30)28-21-12-17-3-1-2-4-24(17)31-15-21;1-2-23(17-6-4-3-5-7-17)28-25(30)19-9-11-24-18(14-19)12-13-29(24)16-20-8-10-21(26)15-22(20)27;2*1-15(16-2-6-20(25)7-3-16)28-24(30)18-5-9-23-17(12-18)10-11-29(23)14-19-4-8-21(26)13-22(19)27;24-20-8-6-19(21(25)13-20)15-27-11-10-17-12-18(7-9-22(17)27)23(28)26-14-16-4-2-1-3-5-16/h1-11,13,21H,12,14-15H2,(H,28,30);3-15,23H,2,16H2,1H3,(H,28,30);2*2-13,15H,14H2,1H3,(H,28,30);1-13H,14-15H2,(H,26,28)/t;;2*15-;/m..10./s1. The van der Waals surface area contributed by atoms with E-state index < -0.39 is 58.2 Å². The highest BCUT2D eigenvalue weighted by Crippen LogP contribution is 2.32. The maximum absolute atomic E-state index is 14.0. The fraction of sp³-hybridized carbons (Fsp3) is 0.132. The van der Waals surface area contributed by atoms with E-state index in [0.29, 0.717) is 68.8 Å². The van der Waals surface area contributed by atoms with Crippen molar-refractivity contribution < 1.29 is 72.6 Å². The molecule has 0 aliphatic carbocycles. The van der Waals surface area contributed by atoms with E-state index in [1.165, 1.54) is 60.7 Å². The minimum absolute atomic E-state index is 0.0551. The van der Waals surface area contributed by atoms with E-state index in [0.717, 1.165) is 140 Å². The topological polar surface area (TPSA) is 179 Å². The quantitative estimate of drug-likeness (QED) is 0.0355. The SMILES string of the molecule is CCC(NC(=O)c1ccc2c(ccn2Cc2ccc(F)cc2F)c1)c1ccccc1.C[C@@H](NC(=O)c1ccc2c(ccn2Cc2ccc(F)cc2F)c1)c1ccc(Br)cc1.C[C@H](NC(=O)c1ccc2c(ccn2Cc2ccc(F)cc2F)c1)c1ccc(Br)cc1.O=C(NC1COc2ccccc2C1)c1ccc2c(ccn2Cc2ccc(F)cc2F)c1.O=C(NCc1ccccc1)c1ccc2c(ccn2Cc2ccc(F)cc2F)c1. The number of aromatic nitrogens is 5. The van der Waals surface area contributed by atoms with Crippen molar-refractivity contribution >= 4 is 116 Å². The highest BCUT2D eigenvalue weighted by molar-refractivity contribution is 9.10. The lowest BCUT2D eigenvalue weighted by atomic mass is 10.0. The Labute approximate surface area is 868 Å². The minimum Gasteiger partial charge on any atom is -0.491 e. The van der Waals surface area contributed by atoms with E-state index in [4.69, 9.17) is 4.74 Å². The summed E-state index contributed by atoms with van der Waals surface area (Å²) in [6.07, 6.45) is 10.7. The van der Waals surface area contributed by atoms with Crippen LogP contribution < -0.4 is 31.3 Å². The third-order valence-electron chi connectivity index (χ3n) is 25.8. The summed E-state index contributed by atoms with van der Waals surface area (Å²) in [5.41, 5.74) is 14.4. The van der Waals surface area contributed by atoms with Crippen molar-refractivity contribution in [3.8, 4) is 5.75 Å². The maximum Gasteiger partial charge on any atom is 0.251 e. The zero-order valence-corrected chi connectivity index (χ0v) is 83.9. The third kappa shape index (κ3) is 26.3. The summed E-state index contributed by atoms with van der Waals surface area (Å²) in [7, 11) is 0. The molecule has 16 nitrogen and oxygen atoms in total. The molecule has 20 aromatic rings. The molecule has 0 radical (unpaired) electrons. The molecule has 6 heterocycles. The molecular weight excluding hydrogens is 2040 g/mol. The fourth-order valence-corrected chi connectivity index (χ4v) is 18.2. The normalized spacial score (nSPS) is 12.6. The van der Waals surface area contributed by atoms with Crippen LogP contribution in [0.15, 0.2) is 386 Å². The Morgan fingerprint density at radius 3 is 0.953 bits per heavy atom. The first-order valence-electron chi connectivity index (χ1n) is 48.0. The van der Waals surface area contributed by atoms with Gasteiger partial charge in [0.1, 0.15) is 70.5 Å². The van der Waals surface area contributed by atoms with Gasteiger partial charge in [-0.2, -0.15) is 0 Å². The summed E-state index contributed by atoms with van der Waals surface area (Å²) in [5.74, 6) is -5.74. The summed E-state index contributed by atoms with van der Waals surface area (Å²) in [6.45, 7) is 8.22. The third-order valence-corrected chi connectivity index (χ3v) is 26.9. The molecule has 752 valence electrons. The van der Waals surface area contributed by atoms with Crippen molar-refractivity contribution in [1.82, 2.24) is 49.4 Å². The first-order valence-corrected chi connectivity index (χ1v) is 49.6. The molecule has 21 rings (SSSR count). The van der Waals surface area contributed by atoms with Crippen LogP contribution in [0.3, 0.4) is 0 Å². The van der Waals surface area contributed by atoms with Crippen LogP contribution in [-0.2, 0) is 45.7 Å². The second kappa shape index (κ2) is 47.7. The number of ether oxygens (including phenoxy) is 1. The first-order chi connectivity index (χ1) is 72.0. The van der Waals surface area contributed by atoms with Gasteiger partial charge < -0.3 is 54.2 Å². The number of carbonyl (C=O) groups excluding carboxylic acids is 5. The van der Waals surface area contributed by atoms with Crippen molar-refractivity contribution in [2.75, 3.05) is 6.61 Å². The Morgan fingerprint density at radius 2 is 0.624 bits per heavy atom. The Balaban J connectivity index is 0.000000127. The van der Waals surface area contributed by atoms with Crippen molar-refractivity contribution in [2.24, 2.45) is 0 Å². The molecule has 0 saturated heterocycles. The number of hydrogen-bond acceptors (Lipinski definition) is 6. The number of fused-ring (bicyclic) bond motifs is 6. The molecule has 0 bridgehead atoms. The Kier molecular flexibility index (Phi) is 33.2. The second-order valence-corrected chi connectivity index (χ2v) is 37.9. The van der Waals surface area contributed by atoms with Gasteiger partial charge in [0.2, 0.25) is 0 Å². The van der Waals surface area contributed by atoms with Gasteiger partial charge in [-0.3, -0.25) is 24.0 Å². The highest BCUT2D eigenvalue weighted by atomic mass is 79.9. The molecule has 0 fully saturated rings. The van der Waals surface area contributed by atoms with Gasteiger partial charge in [-0.15, -0.1) is 0 Å². The van der Waals surface area contributed by atoms with Crippen molar-refractivity contribution in [3.63, 3.8) is 0 Å². The van der Waals surface area contributed by atoms with Crippen LogP contribution in [0.5, 0.6) is 5.75 Å². The number of carbonyl (C=O) groups is 5. The van der Waals surface area contributed by atoms with Crippen molar-refractivity contribution in [1.29, 1.82) is 0 Å². The van der Waals surface area contributed by atoms with Gasteiger partial charge in [-0.25, -0.2) is 43.9 Å². The van der Waals surface area contributed by atoms with Gasteiger partial charge in [0, 0.05) is 187 Å². The fourth-order valence-electron chi connectivity index (χ4n) is 17.7. The lowest BCUT2D eigenvalue weighted by molar-refractivity contribution is 0.0911. The molecule has 1 aliphatic heterocycles. The van der Waals surface area contributed by atoms with E-state index in [2.05, 4.69) is 58.4 Å². The molecule has 28 heteroatoms. The van der Waals surface area contributed by atoms with Gasteiger partial charge in [0.15, 0.2) is 0 Å². The molecule has 0 saturated carbocycles. The van der Waals surface area contributed by atoms with E-state index >= 15 is 0 Å². The molecule has 5 aromatic heterocycles. The molecule has 2 unspecified atom stereocenters. The molecular formula is C121H98Br2F10N10O6. The average Bonchev–Trinajstić information content (AvgIpc) is 1.67. The number of rotatable bonds is 25. The van der Waals surface area contributed by atoms with Crippen LogP contribution >= 0.6 is 31.9 Å². The number of nitrogens with one attached hydrogen (secondary N) is 5. The van der Waals surface area contributed by atoms with Gasteiger partial charge in [0.05, 0.1) is 56.9 Å². The highest BCUT2D eigenvalue weighted by Gasteiger charge is 2.25. The molecule has 15 aromatic carbocycles. The predicted octanol–water partition coefficient (Wildman–Crippen LogP) is 27.9. The van der Waals surface area contributed by atoms with Crippen LogP contribution in [0.1, 0.15) is 153 Å².